The maximum atomic E-state index is 12.1. The molecule has 0 aliphatic carbocycles. The number of thiazole rings is 1. The predicted molar refractivity (Wildman–Crippen MR) is 72.2 cm³/mol. The molecule has 1 fully saturated rings. The van der Waals surface area contributed by atoms with E-state index in [1.165, 1.54) is 11.3 Å². The Bertz CT molecular complexity index is 524. The van der Waals surface area contributed by atoms with Crippen LogP contribution in [0.25, 0.3) is 0 Å². The minimum Gasteiger partial charge on any atom is -0.465 e. The second-order valence-corrected chi connectivity index (χ2v) is 5.38. The molecule has 0 spiro atoms. The van der Waals surface area contributed by atoms with Crippen LogP contribution in [-0.4, -0.2) is 39.6 Å². The molecule has 0 radical (unpaired) electrons. The van der Waals surface area contributed by atoms with Crippen LogP contribution in [0.1, 0.15) is 6.42 Å². The van der Waals surface area contributed by atoms with Crippen LogP contribution in [-0.2, 0) is 11.3 Å². The summed E-state index contributed by atoms with van der Waals surface area (Å²) in [5.74, 6) is 0.140. The second kappa shape index (κ2) is 5.44. The van der Waals surface area contributed by atoms with Crippen LogP contribution in [0.4, 0.5) is 0 Å². The molecule has 2 aromatic rings. The van der Waals surface area contributed by atoms with Gasteiger partial charge in [0.2, 0.25) is 5.91 Å². The summed E-state index contributed by atoms with van der Waals surface area (Å²) < 4.78 is 7.62. The van der Waals surface area contributed by atoms with Gasteiger partial charge in [0.15, 0.2) is 0 Å². The van der Waals surface area contributed by atoms with Crippen LogP contribution < -0.4 is 4.74 Å². The first kappa shape index (κ1) is 12.2. The molecule has 1 aliphatic rings. The molecule has 1 aliphatic heterocycles. The molecule has 0 aromatic carbocycles. The fourth-order valence-corrected chi connectivity index (χ4v) is 2.75. The highest BCUT2D eigenvalue weighted by molar-refractivity contribution is 7.11. The number of likely N-dealkylation sites (tertiary alicyclic amines) is 1. The Morgan fingerprint density at radius 3 is 3.05 bits per heavy atom. The van der Waals surface area contributed by atoms with E-state index in [4.69, 9.17) is 4.74 Å². The minimum atomic E-state index is 0.0692. The van der Waals surface area contributed by atoms with Gasteiger partial charge in [-0.3, -0.25) is 4.79 Å². The summed E-state index contributed by atoms with van der Waals surface area (Å²) in [7, 11) is 0. The van der Waals surface area contributed by atoms with Gasteiger partial charge < -0.3 is 14.2 Å². The number of ether oxygens (including phenoxy) is 1. The van der Waals surface area contributed by atoms with Crippen molar-refractivity contribution in [3.8, 4) is 5.19 Å². The van der Waals surface area contributed by atoms with Crippen molar-refractivity contribution in [2.24, 2.45) is 0 Å². The molecule has 0 N–H and O–H groups in total. The molecule has 100 valence electrons. The summed E-state index contributed by atoms with van der Waals surface area (Å²) >= 11 is 1.48. The van der Waals surface area contributed by atoms with Crippen molar-refractivity contribution in [2.75, 3.05) is 13.1 Å². The lowest BCUT2D eigenvalue weighted by Crippen LogP contribution is -2.33. The summed E-state index contributed by atoms with van der Waals surface area (Å²) in [6.07, 6.45) is 6.47. The van der Waals surface area contributed by atoms with Gasteiger partial charge in [-0.15, -0.1) is 0 Å². The quantitative estimate of drug-likeness (QED) is 0.853. The largest absolute Gasteiger partial charge is 0.465 e. The van der Waals surface area contributed by atoms with E-state index in [-0.39, 0.29) is 12.0 Å². The third-order valence-corrected chi connectivity index (χ3v) is 3.82. The predicted octanol–water partition coefficient (Wildman–Crippen LogP) is 1.62. The SMILES string of the molecule is O=C(Cn1cccc1)N1CCC(Oc2nccs2)C1. The molecule has 1 saturated heterocycles. The van der Waals surface area contributed by atoms with Crippen LogP contribution in [0.15, 0.2) is 36.1 Å². The lowest BCUT2D eigenvalue weighted by molar-refractivity contribution is -0.131. The number of hydrogen-bond acceptors (Lipinski definition) is 4. The molecule has 6 heteroatoms. The van der Waals surface area contributed by atoms with E-state index >= 15 is 0 Å². The zero-order valence-electron chi connectivity index (χ0n) is 10.4. The Labute approximate surface area is 115 Å². The first-order valence-corrected chi connectivity index (χ1v) is 7.14. The van der Waals surface area contributed by atoms with Crippen molar-refractivity contribution in [1.82, 2.24) is 14.5 Å². The summed E-state index contributed by atoms with van der Waals surface area (Å²) in [6, 6.07) is 3.84. The highest BCUT2D eigenvalue weighted by atomic mass is 32.1. The summed E-state index contributed by atoms with van der Waals surface area (Å²) in [5.41, 5.74) is 0. The van der Waals surface area contributed by atoms with Gasteiger partial charge in [-0.25, -0.2) is 4.98 Å². The first-order valence-electron chi connectivity index (χ1n) is 6.26. The van der Waals surface area contributed by atoms with Gasteiger partial charge >= 0.3 is 0 Å². The van der Waals surface area contributed by atoms with E-state index in [0.717, 1.165) is 13.0 Å². The minimum absolute atomic E-state index is 0.0692. The number of carbonyl (C=O) groups is 1. The lowest BCUT2D eigenvalue weighted by Gasteiger charge is -2.16. The molecule has 0 saturated carbocycles. The van der Waals surface area contributed by atoms with Crippen LogP contribution in [0, 0.1) is 0 Å². The van der Waals surface area contributed by atoms with Gasteiger partial charge in [0.05, 0.1) is 6.54 Å². The summed E-state index contributed by atoms with van der Waals surface area (Å²) in [6.45, 7) is 1.81. The first-order chi connectivity index (χ1) is 9.31. The van der Waals surface area contributed by atoms with Gasteiger partial charge in [-0.2, -0.15) is 0 Å². The summed E-state index contributed by atoms with van der Waals surface area (Å²) in [4.78, 5) is 18.1. The van der Waals surface area contributed by atoms with Crippen molar-refractivity contribution >= 4 is 17.2 Å². The van der Waals surface area contributed by atoms with Crippen molar-refractivity contribution in [3.63, 3.8) is 0 Å². The maximum absolute atomic E-state index is 12.1. The molecular weight excluding hydrogens is 262 g/mol. The van der Waals surface area contributed by atoms with Crippen molar-refractivity contribution in [3.05, 3.63) is 36.1 Å². The molecule has 1 amide bonds. The monoisotopic (exact) mass is 277 g/mol. The van der Waals surface area contributed by atoms with Crippen LogP contribution in [0.2, 0.25) is 0 Å². The number of hydrogen-bond donors (Lipinski definition) is 0. The maximum Gasteiger partial charge on any atom is 0.273 e. The van der Waals surface area contributed by atoms with Crippen LogP contribution in [0.5, 0.6) is 5.19 Å². The lowest BCUT2D eigenvalue weighted by atomic mass is 10.3. The van der Waals surface area contributed by atoms with E-state index in [2.05, 4.69) is 4.98 Å². The van der Waals surface area contributed by atoms with Gasteiger partial charge in [-0.1, -0.05) is 11.3 Å². The van der Waals surface area contributed by atoms with E-state index in [9.17, 15) is 4.79 Å². The average Bonchev–Trinajstić information content (AvgIpc) is 3.10. The van der Waals surface area contributed by atoms with Crippen LogP contribution >= 0.6 is 11.3 Å². The Morgan fingerprint density at radius 1 is 1.47 bits per heavy atom. The van der Waals surface area contributed by atoms with E-state index in [1.54, 1.807) is 6.20 Å². The molecule has 0 bridgehead atoms. The Balaban J connectivity index is 1.52. The molecular formula is C13H15N3O2S. The molecule has 1 atom stereocenters. The normalized spacial score (nSPS) is 18.7. The fraction of sp³-hybridized carbons (Fsp3) is 0.385. The molecule has 3 rings (SSSR count). The van der Waals surface area contributed by atoms with Crippen molar-refractivity contribution < 1.29 is 9.53 Å². The van der Waals surface area contributed by atoms with Gasteiger partial charge in [-0.05, 0) is 12.1 Å². The highest BCUT2D eigenvalue weighted by Crippen LogP contribution is 2.20. The van der Waals surface area contributed by atoms with Gasteiger partial charge in [0.25, 0.3) is 5.19 Å². The number of carbonyl (C=O) groups excluding carboxylic acids is 1. The number of aromatic nitrogens is 2. The van der Waals surface area contributed by atoms with E-state index in [0.29, 0.717) is 18.3 Å². The fourth-order valence-electron chi connectivity index (χ4n) is 2.19. The van der Waals surface area contributed by atoms with E-state index < -0.39 is 0 Å². The Hall–Kier alpha value is -1.82. The third kappa shape index (κ3) is 2.96. The smallest absolute Gasteiger partial charge is 0.273 e. The standard InChI is InChI=1S/C13H15N3O2S/c17-12(10-15-5-1-2-6-15)16-7-3-11(9-16)18-13-14-4-8-19-13/h1-2,4-6,8,11H,3,7,9-10H2. The number of nitrogens with zero attached hydrogens (tertiary/aromatic N) is 3. The second-order valence-electron chi connectivity index (χ2n) is 4.52. The van der Waals surface area contributed by atoms with Gasteiger partial charge in [0.1, 0.15) is 12.6 Å². The summed E-state index contributed by atoms with van der Waals surface area (Å²) in [5, 5.41) is 2.57. The topological polar surface area (TPSA) is 47.4 Å². The highest BCUT2D eigenvalue weighted by Gasteiger charge is 2.27. The molecule has 1 unspecified atom stereocenters. The molecule has 2 aromatic heterocycles. The number of rotatable bonds is 4. The third-order valence-electron chi connectivity index (χ3n) is 3.16. The van der Waals surface area contributed by atoms with Gasteiger partial charge in [0, 0.05) is 36.9 Å². The average molecular weight is 277 g/mol. The zero-order chi connectivity index (χ0) is 13.1. The number of amides is 1. The van der Waals surface area contributed by atoms with Crippen molar-refractivity contribution in [1.29, 1.82) is 0 Å². The zero-order valence-corrected chi connectivity index (χ0v) is 11.3. The van der Waals surface area contributed by atoms with Crippen LogP contribution in [0.3, 0.4) is 0 Å². The Kier molecular flexibility index (Phi) is 3.50. The molecule has 19 heavy (non-hydrogen) atoms. The molecule has 3 heterocycles. The molecule has 5 nitrogen and oxygen atoms in total. The van der Waals surface area contributed by atoms with Crippen molar-refractivity contribution in [2.45, 2.75) is 19.1 Å². The Morgan fingerprint density at radius 2 is 2.32 bits per heavy atom. The van der Waals surface area contributed by atoms with E-state index in [1.807, 2.05) is 39.4 Å².